The van der Waals surface area contributed by atoms with Gasteiger partial charge in [-0.3, -0.25) is 4.79 Å². The van der Waals surface area contributed by atoms with Crippen molar-refractivity contribution >= 4 is 5.91 Å². The first-order valence-corrected chi connectivity index (χ1v) is 7.31. The Hall–Kier alpha value is -0.610. The molecule has 18 heavy (non-hydrogen) atoms. The number of hydrogen-bond acceptors (Lipinski definition) is 3. The zero-order valence-corrected chi connectivity index (χ0v) is 11.6. The van der Waals surface area contributed by atoms with Gasteiger partial charge >= 0.3 is 0 Å². The summed E-state index contributed by atoms with van der Waals surface area (Å²) in [5.74, 6) is 0.836. The van der Waals surface area contributed by atoms with Gasteiger partial charge in [-0.1, -0.05) is 6.42 Å². The Morgan fingerprint density at radius 2 is 2.17 bits per heavy atom. The van der Waals surface area contributed by atoms with E-state index >= 15 is 0 Å². The van der Waals surface area contributed by atoms with Crippen molar-refractivity contribution in [2.24, 2.45) is 17.6 Å². The highest BCUT2D eigenvalue weighted by atomic mass is 16.5. The lowest BCUT2D eigenvalue weighted by molar-refractivity contribution is -0.139. The number of nitrogens with zero attached hydrogens (tertiary/aromatic N) is 1. The van der Waals surface area contributed by atoms with Gasteiger partial charge in [0.1, 0.15) is 0 Å². The van der Waals surface area contributed by atoms with Crippen LogP contribution < -0.4 is 5.73 Å². The van der Waals surface area contributed by atoms with E-state index in [9.17, 15) is 4.79 Å². The lowest BCUT2D eigenvalue weighted by atomic mass is 9.96. The normalized spacial score (nSPS) is 35.9. The lowest BCUT2D eigenvalue weighted by Gasteiger charge is -2.34. The maximum Gasteiger partial charge on any atom is 0.228 e. The molecule has 1 amide bonds. The number of ether oxygens (including phenoxy) is 1. The van der Waals surface area contributed by atoms with Gasteiger partial charge in [0.15, 0.2) is 0 Å². The Morgan fingerprint density at radius 1 is 1.39 bits per heavy atom. The standard InChI is InChI=1S/C14H26N2O2/c1-3-16(13-6-4-5-11(13)9-15)14(17)12-7-8-18-10(12)2/h10-13H,3-9,15H2,1-2H3. The fourth-order valence-corrected chi connectivity index (χ4v) is 3.53. The first-order chi connectivity index (χ1) is 8.69. The second-order valence-electron chi connectivity index (χ2n) is 5.59. The highest BCUT2D eigenvalue weighted by molar-refractivity contribution is 5.80. The number of nitrogens with two attached hydrogens (primary N) is 1. The summed E-state index contributed by atoms with van der Waals surface area (Å²) in [6.07, 6.45) is 4.43. The molecule has 1 aliphatic heterocycles. The number of carbonyl (C=O) groups is 1. The van der Waals surface area contributed by atoms with Crippen molar-refractivity contribution in [2.75, 3.05) is 19.7 Å². The molecule has 0 spiro atoms. The molecular formula is C14H26N2O2. The zero-order chi connectivity index (χ0) is 13.1. The molecule has 2 aliphatic rings. The summed E-state index contributed by atoms with van der Waals surface area (Å²) in [6.45, 7) is 6.30. The largest absolute Gasteiger partial charge is 0.378 e. The molecule has 2 N–H and O–H groups in total. The molecule has 1 saturated carbocycles. The maximum absolute atomic E-state index is 12.6. The molecule has 1 aliphatic carbocycles. The SMILES string of the molecule is CCN(C(=O)C1CCOC1C)C1CCCC1CN. The van der Waals surface area contributed by atoms with Crippen molar-refractivity contribution in [3.05, 3.63) is 0 Å². The van der Waals surface area contributed by atoms with E-state index in [0.29, 0.717) is 18.5 Å². The Bertz CT molecular complexity index is 296. The minimum atomic E-state index is 0.0592. The third-order valence-corrected chi connectivity index (χ3v) is 4.64. The molecular weight excluding hydrogens is 228 g/mol. The molecule has 0 aromatic rings. The minimum Gasteiger partial charge on any atom is -0.378 e. The van der Waals surface area contributed by atoms with E-state index in [1.54, 1.807) is 0 Å². The predicted molar refractivity (Wildman–Crippen MR) is 71.1 cm³/mol. The highest BCUT2D eigenvalue weighted by Gasteiger charge is 2.39. The van der Waals surface area contributed by atoms with Crippen molar-refractivity contribution < 1.29 is 9.53 Å². The Balaban J connectivity index is 2.05. The van der Waals surface area contributed by atoms with Crippen LogP contribution in [0.15, 0.2) is 0 Å². The van der Waals surface area contributed by atoms with Crippen LogP contribution in [0.5, 0.6) is 0 Å². The van der Waals surface area contributed by atoms with Gasteiger partial charge in [0.2, 0.25) is 5.91 Å². The van der Waals surface area contributed by atoms with Gasteiger partial charge in [-0.05, 0) is 45.6 Å². The second-order valence-corrected chi connectivity index (χ2v) is 5.59. The molecule has 0 aromatic carbocycles. The molecule has 4 unspecified atom stereocenters. The topological polar surface area (TPSA) is 55.6 Å². The van der Waals surface area contributed by atoms with Gasteiger partial charge in [-0.25, -0.2) is 0 Å². The van der Waals surface area contributed by atoms with Crippen LogP contribution >= 0.6 is 0 Å². The molecule has 4 atom stereocenters. The van der Waals surface area contributed by atoms with Crippen LogP contribution in [0.3, 0.4) is 0 Å². The van der Waals surface area contributed by atoms with Crippen molar-refractivity contribution in [1.82, 2.24) is 4.90 Å². The summed E-state index contributed by atoms with van der Waals surface area (Å²) in [5, 5.41) is 0. The van der Waals surface area contributed by atoms with Gasteiger partial charge in [0.05, 0.1) is 12.0 Å². The Kier molecular flexibility index (Phi) is 4.62. The van der Waals surface area contributed by atoms with Gasteiger partial charge in [-0.2, -0.15) is 0 Å². The number of rotatable bonds is 4. The van der Waals surface area contributed by atoms with Crippen LogP contribution in [0.2, 0.25) is 0 Å². The van der Waals surface area contributed by atoms with E-state index in [1.165, 1.54) is 12.8 Å². The van der Waals surface area contributed by atoms with Crippen molar-refractivity contribution in [2.45, 2.75) is 51.7 Å². The molecule has 104 valence electrons. The lowest BCUT2D eigenvalue weighted by Crippen LogP contribution is -2.47. The average molecular weight is 254 g/mol. The average Bonchev–Trinajstić information content (AvgIpc) is 2.98. The van der Waals surface area contributed by atoms with E-state index in [1.807, 2.05) is 6.92 Å². The van der Waals surface area contributed by atoms with E-state index in [-0.39, 0.29) is 17.9 Å². The van der Waals surface area contributed by atoms with Crippen molar-refractivity contribution in [1.29, 1.82) is 0 Å². The predicted octanol–water partition coefficient (Wildman–Crippen LogP) is 1.39. The number of amides is 1. The molecule has 2 fully saturated rings. The third kappa shape index (κ3) is 2.54. The van der Waals surface area contributed by atoms with E-state index < -0.39 is 0 Å². The van der Waals surface area contributed by atoms with Gasteiger partial charge in [-0.15, -0.1) is 0 Å². The summed E-state index contributed by atoms with van der Waals surface area (Å²) in [4.78, 5) is 14.7. The molecule has 4 nitrogen and oxygen atoms in total. The second kappa shape index (κ2) is 6.02. The molecule has 1 saturated heterocycles. The van der Waals surface area contributed by atoms with Gasteiger partial charge in [0.25, 0.3) is 0 Å². The summed E-state index contributed by atoms with van der Waals surface area (Å²) in [5.41, 5.74) is 5.83. The molecule has 2 rings (SSSR count). The zero-order valence-electron chi connectivity index (χ0n) is 11.6. The first kappa shape index (κ1) is 13.8. The fourth-order valence-electron chi connectivity index (χ4n) is 3.53. The van der Waals surface area contributed by atoms with Gasteiger partial charge in [0, 0.05) is 19.2 Å². The Labute approximate surface area is 110 Å². The summed E-state index contributed by atoms with van der Waals surface area (Å²) in [7, 11) is 0. The first-order valence-electron chi connectivity index (χ1n) is 7.31. The van der Waals surface area contributed by atoms with Crippen LogP contribution in [0.4, 0.5) is 0 Å². The maximum atomic E-state index is 12.6. The summed E-state index contributed by atoms with van der Waals surface area (Å²) >= 11 is 0. The van der Waals surface area contributed by atoms with E-state index in [2.05, 4.69) is 11.8 Å². The highest BCUT2D eigenvalue weighted by Crippen LogP contribution is 2.32. The van der Waals surface area contributed by atoms with Crippen LogP contribution in [-0.2, 0) is 9.53 Å². The molecule has 0 bridgehead atoms. The van der Waals surface area contributed by atoms with E-state index in [0.717, 1.165) is 26.0 Å². The summed E-state index contributed by atoms with van der Waals surface area (Å²) in [6, 6.07) is 0.361. The van der Waals surface area contributed by atoms with E-state index in [4.69, 9.17) is 10.5 Å². The fraction of sp³-hybridized carbons (Fsp3) is 0.929. The number of carbonyl (C=O) groups excluding carboxylic acids is 1. The molecule has 0 radical (unpaired) electrons. The quantitative estimate of drug-likeness (QED) is 0.825. The van der Waals surface area contributed by atoms with Crippen molar-refractivity contribution in [3.8, 4) is 0 Å². The third-order valence-electron chi connectivity index (χ3n) is 4.64. The molecule has 0 aromatic heterocycles. The smallest absolute Gasteiger partial charge is 0.228 e. The molecule has 1 heterocycles. The van der Waals surface area contributed by atoms with Crippen molar-refractivity contribution in [3.63, 3.8) is 0 Å². The van der Waals surface area contributed by atoms with Crippen LogP contribution in [0, 0.1) is 11.8 Å². The molecule has 4 heteroatoms. The summed E-state index contributed by atoms with van der Waals surface area (Å²) < 4.78 is 5.52. The monoisotopic (exact) mass is 254 g/mol. The Morgan fingerprint density at radius 3 is 2.72 bits per heavy atom. The number of hydrogen-bond donors (Lipinski definition) is 1. The minimum absolute atomic E-state index is 0.0592. The van der Waals surface area contributed by atoms with Crippen LogP contribution in [-0.4, -0.2) is 42.6 Å². The van der Waals surface area contributed by atoms with Gasteiger partial charge < -0.3 is 15.4 Å². The van der Waals surface area contributed by atoms with Crippen LogP contribution in [0.1, 0.15) is 39.5 Å². The van der Waals surface area contributed by atoms with Crippen LogP contribution in [0.25, 0.3) is 0 Å².